The molecule has 35 heavy (non-hydrogen) atoms. The first-order valence-corrected chi connectivity index (χ1v) is 12.2. The van der Waals surface area contributed by atoms with Crippen LogP contribution in [0.3, 0.4) is 0 Å². The molecule has 3 heterocycles. The predicted molar refractivity (Wildman–Crippen MR) is 133 cm³/mol. The molecule has 1 fully saturated rings. The van der Waals surface area contributed by atoms with Gasteiger partial charge >= 0.3 is 0 Å². The Bertz CT molecular complexity index is 1290. The molecular formula is C26H25N3O5S. The van der Waals surface area contributed by atoms with Crippen molar-refractivity contribution in [2.45, 2.75) is 24.9 Å². The van der Waals surface area contributed by atoms with Crippen molar-refractivity contribution in [3.05, 3.63) is 64.4 Å². The van der Waals surface area contributed by atoms with Crippen LogP contribution in [0.4, 0.5) is 5.69 Å². The minimum Gasteiger partial charge on any atom is -0.497 e. The second-order valence-corrected chi connectivity index (χ2v) is 9.45. The zero-order chi connectivity index (χ0) is 24.5. The Morgan fingerprint density at radius 1 is 1.09 bits per heavy atom. The molecule has 0 unspecified atom stereocenters. The third-order valence-electron chi connectivity index (χ3n) is 6.47. The van der Waals surface area contributed by atoms with Crippen molar-refractivity contribution in [2.24, 2.45) is 0 Å². The highest BCUT2D eigenvalue weighted by molar-refractivity contribution is 7.12. The first kappa shape index (κ1) is 22.9. The van der Waals surface area contributed by atoms with E-state index < -0.39 is 6.04 Å². The number of anilines is 1. The smallest absolute Gasteiger partial charge is 0.261 e. The van der Waals surface area contributed by atoms with Gasteiger partial charge in [-0.25, -0.2) is 0 Å². The lowest BCUT2D eigenvalue weighted by molar-refractivity contribution is -0.121. The number of fused-ring (bicyclic) bond motifs is 2. The maximum Gasteiger partial charge on any atom is 0.261 e. The minimum absolute atomic E-state index is 0.153. The van der Waals surface area contributed by atoms with Gasteiger partial charge in [0.05, 0.1) is 30.3 Å². The molecule has 1 saturated heterocycles. The quantitative estimate of drug-likeness (QED) is 0.566. The molecule has 180 valence electrons. The van der Waals surface area contributed by atoms with Gasteiger partial charge in [0.15, 0.2) is 0 Å². The topological polar surface area (TPSA) is 97.0 Å². The van der Waals surface area contributed by atoms with Gasteiger partial charge in [-0.3, -0.25) is 14.4 Å². The van der Waals surface area contributed by atoms with Crippen molar-refractivity contribution >= 4 is 34.7 Å². The average molecular weight is 492 g/mol. The Labute approximate surface area is 206 Å². The van der Waals surface area contributed by atoms with Gasteiger partial charge in [-0.05, 0) is 54.1 Å². The summed E-state index contributed by atoms with van der Waals surface area (Å²) >= 11 is 1.37. The van der Waals surface area contributed by atoms with E-state index in [1.165, 1.54) is 11.3 Å². The Morgan fingerprint density at radius 2 is 1.94 bits per heavy atom. The Hall–Kier alpha value is -3.85. The molecule has 0 saturated carbocycles. The monoisotopic (exact) mass is 491 g/mol. The summed E-state index contributed by atoms with van der Waals surface area (Å²) in [5, 5.41) is 7.78. The van der Waals surface area contributed by atoms with E-state index in [9.17, 15) is 14.4 Å². The second-order valence-electron chi connectivity index (χ2n) is 8.50. The number of ether oxygens (including phenoxy) is 2. The number of piperidine rings is 1. The third kappa shape index (κ3) is 4.35. The van der Waals surface area contributed by atoms with E-state index in [-0.39, 0.29) is 23.8 Å². The zero-order valence-electron chi connectivity index (χ0n) is 19.4. The molecule has 8 nitrogen and oxygen atoms in total. The molecule has 2 N–H and O–H groups in total. The van der Waals surface area contributed by atoms with Gasteiger partial charge in [0.2, 0.25) is 5.91 Å². The highest BCUT2D eigenvalue weighted by Gasteiger charge is 2.40. The van der Waals surface area contributed by atoms with E-state index in [2.05, 4.69) is 10.6 Å². The van der Waals surface area contributed by atoms with Gasteiger partial charge in [-0.15, -0.1) is 11.3 Å². The van der Waals surface area contributed by atoms with Gasteiger partial charge in [0.1, 0.15) is 17.5 Å². The van der Waals surface area contributed by atoms with Crippen molar-refractivity contribution in [3.63, 3.8) is 0 Å². The van der Waals surface area contributed by atoms with E-state index in [1.54, 1.807) is 43.4 Å². The van der Waals surface area contributed by atoms with Crippen molar-refractivity contribution < 1.29 is 23.9 Å². The number of carbonyl (C=O) groups excluding carboxylic acids is 3. The highest BCUT2D eigenvalue weighted by atomic mass is 32.1. The number of nitrogens with one attached hydrogen (secondary N) is 2. The van der Waals surface area contributed by atoms with E-state index in [0.29, 0.717) is 47.0 Å². The number of carbonyl (C=O) groups is 3. The largest absolute Gasteiger partial charge is 0.497 e. The number of methoxy groups -OCH3 is 2. The molecule has 0 spiro atoms. The van der Waals surface area contributed by atoms with Crippen LogP contribution >= 0.6 is 11.3 Å². The minimum atomic E-state index is -0.656. The lowest BCUT2D eigenvalue weighted by Gasteiger charge is -2.37. The normalized spacial score (nSPS) is 19.2. The van der Waals surface area contributed by atoms with E-state index >= 15 is 0 Å². The van der Waals surface area contributed by atoms with Crippen LogP contribution in [-0.2, 0) is 4.79 Å². The van der Waals surface area contributed by atoms with Gasteiger partial charge in [-0.1, -0.05) is 12.1 Å². The van der Waals surface area contributed by atoms with Gasteiger partial charge in [0, 0.05) is 24.2 Å². The summed E-state index contributed by atoms with van der Waals surface area (Å²) in [5.74, 6) is 0.679. The molecule has 9 heteroatoms. The second kappa shape index (κ2) is 9.42. The molecule has 0 bridgehead atoms. The maximum absolute atomic E-state index is 13.6. The standard InChI is InChI=1S/C26H25N3O5S/c1-33-17-6-7-18(22(14-17)34-2)15-5-8-20-19(12-15)26(32)29-10-9-16(13-21(29)24(30)28-20)27-25(31)23-4-3-11-35-23/h3-8,11-12,14,16,21H,9-10,13H2,1-2H3,(H,27,31)(H,28,30)/t16-,21-/m0/s1. The summed E-state index contributed by atoms with van der Waals surface area (Å²) in [7, 11) is 3.17. The number of benzene rings is 2. The number of amides is 3. The SMILES string of the molecule is COc1ccc(-c2ccc3c(c2)C(=O)N2CC[C@H](NC(=O)c4cccs4)C[C@H]2C(=O)N3)c(OC)c1. The molecule has 0 radical (unpaired) electrons. The van der Waals surface area contributed by atoms with Crippen LogP contribution in [0.1, 0.15) is 32.9 Å². The Balaban J connectivity index is 1.40. The molecule has 2 aliphatic heterocycles. The van der Waals surface area contributed by atoms with Crippen molar-refractivity contribution in [2.75, 3.05) is 26.1 Å². The number of thiophene rings is 1. The fourth-order valence-electron chi connectivity index (χ4n) is 4.66. The fourth-order valence-corrected chi connectivity index (χ4v) is 5.28. The number of rotatable bonds is 5. The molecular weight excluding hydrogens is 466 g/mol. The summed E-state index contributed by atoms with van der Waals surface area (Å²) in [4.78, 5) is 41.4. The van der Waals surface area contributed by atoms with Gasteiger partial charge in [-0.2, -0.15) is 0 Å². The van der Waals surface area contributed by atoms with Crippen LogP contribution in [0, 0.1) is 0 Å². The summed E-state index contributed by atoms with van der Waals surface area (Å²) in [6.07, 6.45) is 0.940. The molecule has 2 atom stereocenters. The molecule has 3 aromatic rings. The van der Waals surface area contributed by atoms with Crippen molar-refractivity contribution in [1.29, 1.82) is 0 Å². The van der Waals surface area contributed by atoms with Crippen molar-refractivity contribution in [1.82, 2.24) is 10.2 Å². The first-order chi connectivity index (χ1) is 17.0. The van der Waals surface area contributed by atoms with Crippen LogP contribution < -0.4 is 20.1 Å². The van der Waals surface area contributed by atoms with Crippen LogP contribution in [0.5, 0.6) is 11.5 Å². The number of hydrogen-bond acceptors (Lipinski definition) is 6. The summed E-state index contributed by atoms with van der Waals surface area (Å²) < 4.78 is 10.8. The fraction of sp³-hybridized carbons (Fsp3) is 0.269. The summed E-state index contributed by atoms with van der Waals surface area (Å²) in [5.41, 5.74) is 2.51. The maximum atomic E-state index is 13.6. The van der Waals surface area contributed by atoms with Crippen LogP contribution in [0.15, 0.2) is 53.9 Å². The lowest BCUT2D eigenvalue weighted by Crippen LogP contribution is -2.54. The van der Waals surface area contributed by atoms with Crippen molar-refractivity contribution in [3.8, 4) is 22.6 Å². The first-order valence-electron chi connectivity index (χ1n) is 11.3. The average Bonchev–Trinajstić information content (AvgIpc) is 3.40. The van der Waals surface area contributed by atoms with Crippen LogP contribution in [0.2, 0.25) is 0 Å². The molecule has 2 aromatic carbocycles. The van der Waals surface area contributed by atoms with E-state index in [1.807, 2.05) is 29.6 Å². The lowest BCUT2D eigenvalue weighted by atomic mass is 9.95. The van der Waals surface area contributed by atoms with E-state index in [0.717, 1.165) is 11.1 Å². The number of hydrogen-bond donors (Lipinski definition) is 2. The molecule has 5 rings (SSSR count). The Kier molecular flexibility index (Phi) is 6.17. The summed E-state index contributed by atoms with van der Waals surface area (Å²) in [6.45, 7) is 0.377. The zero-order valence-corrected chi connectivity index (χ0v) is 20.2. The molecule has 2 aliphatic rings. The molecule has 1 aromatic heterocycles. The molecule has 0 aliphatic carbocycles. The third-order valence-corrected chi connectivity index (χ3v) is 7.34. The van der Waals surface area contributed by atoms with Crippen LogP contribution in [0.25, 0.3) is 11.1 Å². The van der Waals surface area contributed by atoms with E-state index in [4.69, 9.17) is 9.47 Å². The Morgan fingerprint density at radius 3 is 2.69 bits per heavy atom. The highest BCUT2D eigenvalue weighted by Crippen LogP contribution is 2.37. The predicted octanol–water partition coefficient (Wildman–Crippen LogP) is 3.79. The number of nitrogens with zero attached hydrogens (tertiary/aromatic N) is 1. The van der Waals surface area contributed by atoms with Gasteiger partial charge < -0.3 is 25.0 Å². The van der Waals surface area contributed by atoms with Crippen LogP contribution in [-0.4, -0.2) is 55.5 Å². The molecule has 3 amide bonds. The summed E-state index contributed by atoms with van der Waals surface area (Å²) in [6, 6.07) is 13.6. The van der Waals surface area contributed by atoms with Gasteiger partial charge in [0.25, 0.3) is 11.8 Å².